The molecule has 0 fully saturated rings. The van der Waals surface area contributed by atoms with Crippen LogP contribution in [0.1, 0.15) is 47.3 Å². The van der Waals surface area contributed by atoms with Crippen LogP contribution in [0.25, 0.3) is 11.1 Å². The molecule has 3 aromatic heterocycles. The highest BCUT2D eigenvalue weighted by Gasteiger charge is 2.18. The molecule has 0 spiro atoms. The third kappa shape index (κ3) is 2.34. The molecule has 3 aromatic rings. The first kappa shape index (κ1) is 14.2. The molecule has 1 amide bonds. The smallest absolute Gasteiger partial charge is 0.257 e. The molecular weight excluding hydrogens is 284 g/mol. The quantitative estimate of drug-likeness (QED) is 0.798. The average molecular weight is 300 g/mol. The van der Waals surface area contributed by atoms with Gasteiger partial charge in [-0.3, -0.25) is 4.79 Å². The van der Waals surface area contributed by atoms with Gasteiger partial charge in [0.15, 0.2) is 5.76 Å². The van der Waals surface area contributed by atoms with E-state index in [4.69, 9.17) is 9.05 Å². The Kier molecular flexibility index (Phi) is 3.40. The lowest BCUT2D eigenvalue weighted by molar-refractivity contribution is 0.102. The fourth-order valence-electron chi connectivity index (χ4n) is 2.24. The summed E-state index contributed by atoms with van der Waals surface area (Å²) in [4.78, 5) is 16.5. The summed E-state index contributed by atoms with van der Waals surface area (Å²) in [7, 11) is 0. The Labute approximate surface area is 126 Å². The maximum Gasteiger partial charge on any atom is 0.257 e. The first-order valence-corrected chi connectivity index (χ1v) is 6.97. The lowest BCUT2D eigenvalue weighted by atomic mass is 10.1. The highest BCUT2D eigenvalue weighted by molar-refractivity contribution is 6.06. The first-order chi connectivity index (χ1) is 10.5. The molecule has 3 rings (SSSR count). The van der Waals surface area contributed by atoms with Gasteiger partial charge in [0.1, 0.15) is 11.4 Å². The van der Waals surface area contributed by atoms with Gasteiger partial charge in [0.05, 0.1) is 16.6 Å². The van der Waals surface area contributed by atoms with E-state index in [1.165, 1.54) is 6.20 Å². The van der Waals surface area contributed by atoms with Crippen LogP contribution in [0.15, 0.2) is 21.3 Å². The van der Waals surface area contributed by atoms with E-state index in [0.717, 1.165) is 11.1 Å². The van der Waals surface area contributed by atoms with Crippen molar-refractivity contribution in [2.45, 2.75) is 33.6 Å². The summed E-state index contributed by atoms with van der Waals surface area (Å²) >= 11 is 0. The number of amides is 1. The van der Waals surface area contributed by atoms with E-state index in [1.807, 2.05) is 13.8 Å². The highest BCUT2D eigenvalue weighted by atomic mass is 16.5. The van der Waals surface area contributed by atoms with Gasteiger partial charge in [-0.1, -0.05) is 24.2 Å². The van der Waals surface area contributed by atoms with E-state index in [1.54, 1.807) is 19.9 Å². The number of aromatic nitrogens is 3. The second-order valence-corrected chi connectivity index (χ2v) is 5.45. The van der Waals surface area contributed by atoms with Gasteiger partial charge in [-0.2, -0.15) is 0 Å². The Bertz CT molecular complexity index is 828. The maximum atomic E-state index is 12.4. The monoisotopic (exact) mass is 300 g/mol. The molecule has 0 atom stereocenters. The molecule has 0 aromatic carbocycles. The lowest BCUT2D eigenvalue weighted by Gasteiger charge is -2.04. The van der Waals surface area contributed by atoms with Crippen LogP contribution in [-0.2, 0) is 0 Å². The van der Waals surface area contributed by atoms with Crippen LogP contribution in [0.4, 0.5) is 5.69 Å². The molecule has 0 saturated heterocycles. The van der Waals surface area contributed by atoms with Crippen molar-refractivity contribution < 1.29 is 13.8 Å². The maximum absolute atomic E-state index is 12.4. The Hall–Kier alpha value is -2.70. The van der Waals surface area contributed by atoms with Gasteiger partial charge >= 0.3 is 0 Å². The predicted octanol–water partition coefficient (Wildman–Crippen LogP) is 3.20. The van der Waals surface area contributed by atoms with Crippen molar-refractivity contribution >= 4 is 22.7 Å². The average Bonchev–Trinajstić information content (AvgIpc) is 3.04. The van der Waals surface area contributed by atoms with Crippen molar-refractivity contribution in [2.75, 3.05) is 5.32 Å². The predicted molar refractivity (Wildman–Crippen MR) is 79.8 cm³/mol. The minimum absolute atomic E-state index is 0.184. The zero-order valence-electron chi connectivity index (χ0n) is 12.8. The number of pyridine rings is 1. The van der Waals surface area contributed by atoms with E-state index >= 15 is 0 Å². The molecule has 0 aliphatic carbocycles. The Morgan fingerprint density at radius 3 is 2.64 bits per heavy atom. The second-order valence-electron chi connectivity index (χ2n) is 5.45. The van der Waals surface area contributed by atoms with Gasteiger partial charge < -0.3 is 14.4 Å². The van der Waals surface area contributed by atoms with E-state index in [9.17, 15) is 4.79 Å². The number of aryl methyl sites for hydroxylation is 2. The zero-order valence-corrected chi connectivity index (χ0v) is 12.8. The third-order valence-electron chi connectivity index (χ3n) is 3.44. The molecular formula is C15H16N4O3. The van der Waals surface area contributed by atoms with E-state index in [-0.39, 0.29) is 11.8 Å². The van der Waals surface area contributed by atoms with Crippen LogP contribution in [0.3, 0.4) is 0 Å². The van der Waals surface area contributed by atoms with Gasteiger partial charge in [0.25, 0.3) is 11.6 Å². The summed E-state index contributed by atoms with van der Waals surface area (Å²) in [5.41, 5.74) is 2.86. The highest BCUT2D eigenvalue weighted by Crippen LogP contribution is 2.25. The molecule has 0 aliphatic heterocycles. The Morgan fingerprint density at radius 2 is 2.00 bits per heavy atom. The number of nitrogens with zero attached hydrogens (tertiary/aromatic N) is 3. The van der Waals surface area contributed by atoms with Crippen LogP contribution in [0.5, 0.6) is 0 Å². The lowest BCUT2D eigenvalue weighted by Crippen LogP contribution is -2.13. The van der Waals surface area contributed by atoms with E-state index in [2.05, 4.69) is 20.6 Å². The molecule has 114 valence electrons. The van der Waals surface area contributed by atoms with Gasteiger partial charge in [-0.25, -0.2) is 4.98 Å². The van der Waals surface area contributed by atoms with E-state index in [0.29, 0.717) is 28.4 Å². The van der Waals surface area contributed by atoms with Crippen molar-refractivity contribution in [1.29, 1.82) is 0 Å². The number of rotatable bonds is 3. The number of carbonyl (C=O) groups is 1. The SMILES string of the molecule is Cc1noc(C)c1NC(=O)c1cnc2onc(C(C)C)c2c1. The molecule has 7 heteroatoms. The fourth-order valence-corrected chi connectivity index (χ4v) is 2.24. The first-order valence-electron chi connectivity index (χ1n) is 6.97. The minimum atomic E-state index is -0.278. The summed E-state index contributed by atoms with van der Waals surface area (Å²) in [6.45, 7) is 7.53. The number of carbonyl (C=O) groups excluding carboxylic acids is 1. The Balaban J connectivity index is 1.96. The van der Waals surface area contributed by atoms with Crippen molar-refractivity contribution in [1.82, 2.24) is 15.3 Å². The summed E-state index contributed by atoms with van der Waals surface area (Å²) in [6.07, 6.45) is 1.46. The third-order valence-corrected chi connectivity index (χ3v) is 3.44. The number of fused-ring (bicyclic) bond motifs is 1. The Morgan fingerprint density at radius 1 is 1.23 bits per heavy atom. The molecule has 7 nitrogen and oxygen atoms in total. The van der Waals surface area contributed by atoms with Crippen molar-refractivity contribution in [2.24, 2.45) is 0 Å². The van der Waals surface area contributed by atoms with Crippen molar-refractivity contribution in [3.63, 3.8) is 0 Å². The van der Waals surface area contributed by atoms with Crippen LogP contribution >= 0.6 is 0 Å². The molecule has 1 N–H and O–H groups in total. The van der Waals surface area contributed by atoms with E-state index < -0.39 is 0 Å². The summed E-state index contributed by atoms with van der Waals surface area (Å²) in [6, 6.07) is 1.74. The van der Waals surface area contributed by atoms with Gasteiger partial charge in [0.2, 0.25) is 0 Å². The van der Waals surface area contributed by atoms with Crippen LogP contribution in [0.2, 0.25) is 0 Å². The van der Waals surface area contributed by atoms with Crippen LogP contribution < -0.4 is 5.32 Å². The number of anilines is 1. The number of hydrogen-bond donors (Lipinski definition) is 1. The fraction of sp³-hybridized carbons (Fsp3) is 0.333. The molecule has 0 saturated carbocycles. The van der Waals surface area contributed by atoms with Crippen LogP contribution in [0, 0.1) is 13.8 Å². The minimum Gasteiger partial charge on any atom is -0.359 e. The second kappa shape index (κ2) is 5.25. The number of nitrogens with one attached hydrogen (secondary N) is 1. The summed E-state index contributed by atoms with van der Waals surface area (Å²) in [5, 5.41) is 11.4. The number of hydrogen-bond acceptors (Lipinski definition) is 6. The van der Waals surface area contributed by atoms with Gasteiger partial charge in [-0.05, 0) is 25.8 Å². The standard InChI is InChI=1S/C15H16N4O3/c1-7(2)12-11-5-10(6-16-15(11)22-19-12)14(20)17-13-8(3)18-21-9(13)4/h5-7H,1-4H3,(H,17,20). The zero-order chi connectivity index (χ0) is 15.9. The molecule has 22 heavy (non-hydrogen) atoms. The van der Waals surface area contributed by atoms with Crippen LogP contribution in [-0.4, -0.2) is 21.2 Å². The summed E-state index contributed by atoms with van der Waals surface area (Å²) < 4.78 is 10.2. The molecule has 0 radical (unpaired) electrons. The molecule has 0 bridgehead atoms. The van der Waals surface area contributed by atoms with Crippen molar-refractivity contribution in [3.05, 3.63) is 35.0 Å². The van der Waals surface area contributed by atoms with Gasteiger partial charge in [-0.15, -0.1) is 0 Å². The largest absolute Gasteiger partial charge is 0.359 e. The molecule has 0 unspecified atom stereocenters. The molecule has 3 heterocycles. The normalized spacial score (nSPS) is 11.3. The molecule has 0 aliphatic rings. The van der Waals surface area contributed by atoms with Crippen molar-refractivity contribution in [3.8, 4) is 0 Å². The summed E-state index contributed by atoms with van der Waals surface area (Å²) in [5.74, 6) is 0.469. The van der Waals surface area contributed by atoms with Gasteiger partial charge in [0, 0.05) is 6.20 Å². The topological polar surface area (TPSA) is 94.1 Å².